The third-order valence-electron chi connectivity index (χ3n) is 3.07. The van der Waals surface area contributed by atoms with Crippen LogP contribution in [0, 0.1) is 0 Å². The summed E-state index contributed by atoms with van der Waals surface area (Å²) in [4.78, 5) is 11.5. The highest BCUT2D eigenvalue weighted by atomic mass is 16.5. The maximum Gasteiger partial charge on any atom is 0.306 e. The van der Waals surface area contributed by atoms with Crippen molar-refractivity contribution in [3.8, 4) is 0 Å². The van der Waals surface area contributed by atoms with Gasteiger partial charge in [0.05, 0.1) is 6.10 Å². The molecule has 0 spiro atoms. The topological polar surface area (TPSA) is 46.5 Å². The van der Waals surface area contributed by atoms with Crippen molar-refractivity contribution in [1.29, 1.82) is 0 Å². The van der Waals surface area contributed by atoms with Gasteiger partial charge in [0.1, 0.15) is 6.61 Å². The Labute approximate surface area is 115 Å². The lowest BCUT2D eigenvalue weighted by Gasteiger charge is -2.10. The predicted molar refractivity (Wildman–Crippen MR) is 75.6 cm³/mol. The van der Waals surface area contributed by atoms with Crippen LogP contribution in [0.5, 0.6) is 0 Å². The first kappa shape index (κ1) is 15.7. The fourth-order valence-corrected chi connectivity index (χ4v) is 1.87. The number of ether oxygens (including phenoxy) is 1. The molecular weight excluding hydrogens is 240 g/mol. The van der Waals surface area contributed by atoms with Gasteiger partial charge in [0.15, 0.2) is 0 Å². The molecule has 0 heterocycles. The highest BCUT2D eigenvalue weighted by Gasteiger charge is 2.09. The Morgan fingerprint density at radius 3 is 2.63 bits per heavy atom. The van der Waals surface area contributed by atoms with Crippen molar-refractivity contribution in [3.05, 3.63) is 35.9 Å². The van der Waals surface area contributed by atoms with Crippen molar-refractivity contribution < 1.29 is 14.6 Å². The third-order valence-corrected chi connectivity index (χ3v) is 3.07. The second-order valence-corrected chi connectivity index (χ2v) is 4.83. The van der Waals surface area contributed by atoms with Crippen LogP contribution < -0.4 is 0 Å². The lowest BCUT2D eigenvalue weighted by Crippen LogP contribution is -2.11. The minimum absolute atomic E-state index is 0.238. The summed E-state index contributed by atoms with van der Waals surface area (Å²) < 4.78 is 5.15. The fourth-order valence-electron chi connectivity index (χ4n) is 1.87. The molecule has 1 aromatic carbocycles. The van der Waals surface area contributed by atoms with Gasteiger partial charge in [0, 0.05) is 6.42 Å². The van der Waals surface area contributed by atoms with Gasteiger partial charge in [-0.1, -0.05) is 56.5 Å². The van der Waals surface area contributed by atoms with Crippen molar-refractivity contribution in [2.24, 2.45) is 0 Å². The van der Waals surface area contributed by atoms with Gasteiger partial charge in [-0.25, -0.2) is 0 Å². The average molecular weight is 264 g/mol. The normalized spacial score (nSPS) is 12.1. The molecular formula is C16H24O3. The predicted octanol–water partition coefficient (Wildman–Crippen LogP) is 3.45. The van der Waals surface area contributed by atoms with Crippen LogP contribution in [-0.2, 0) is 16.1 Å². The van der Waals surface area contributed by atoms with E-state index in [0.29, 0.717) is 19.4 Å². The summed E-state index contributed by atoms with van der Waals surface area (Å²) in [6, 6.07) is 9.61. The zero-order valence-corrected chi connectivity index (χ0v) is 11.7. The molecule has 0 amide bonds. The summed E-state index contributed by atoms with van der Waals surface area (Å²) >= 11 is 0. The van der Waals surface area contributed by atoms with Gasteiger partial charge in [-0.2, -0.15) is 0 Å². The zero-order chi connectivity index (χ0) is 13.9. The van der Waals surface area contributed by atoms with E-state index in [4.69, 9.17) is 4.74 Å². The number of carbonyl (C=O) groups is 1. The molecule has 106 valence electrons. The first-order valence-electron chi connectivity index (χ1n) is 7.10. The van der Waals surface area contributed by atoms with Gasteiger partial charge in [-0.15, -0.1) is 0 Å². The maximum absolute atomic E-state index is 11.5. The molecule has 0 radical (unpaired) electrons. The van der Waals surface area contributed by atoms with Crippen molar-refractivity contribution in [2.45, 2.75) is 58.2 Å². The number of unbranched alkanes of at least 4 members (excludes halogenated alkanes) is 2. The van der Waals surface area contributed by atoms with E-state index >= 15 is 0 Å². The number of esters is 1. The van der Waals surface area contributed by atoms with Crippen LogP contribution in [-0.4, -0.2) is 17.2 Å². The van der Waals surface area contributed by atoms with Crippen LogP contribution >= 0.6 is 0 Å². The van der Waals surface area contributed by atoms with E-state index in [1.54, 1.807) is 0 Å². The van der Waals surface area contributed by atoms with Gasteiger partial charge in [0.2, 0.25) is 0 Å². The Balaban J connectivity index is 2.11. The van der Waals surface area contributed by atoms with Gasteiger partial charge < -0.3 is 9.84 Å². The SMILES string of the molecule is CCCCCC(O)CCC(=O)OCc1ccccc1. The minimum Gasteiger partial charge on any atom is -0.461 e. The molecule has 3 heteroatoms. The second kappa shape index (κ2) is 9.56. The van der Waals surface area contributed by atoms with Crippen LogP contribution in [0.3, 0.4) is 0 Å². The molecule has 1 N–H and O–H groups in total. The Hall–Kier alpha value is -1.35. The molecule has 1 rings (SSSR count). The standard InChI is InChI=1S/C16H24O3/c1-2-3-5-10-15(17)11-12-16(18)19-13-14-8-6-4-7-9-14/h4,6-9,15,17H,2-3,5,10-13H2,1H3. The Morgan fingerprint density at radius 2 is 1.95 bits per heavy atom. The van der Waals surface area contributed by atoms with E-state index in [1.807, 2.05) is 30.3 Å². The van der Waals surface area contributed by atoms with Crippen LogP contribution in [0.25, 0.3) is 0 Å². The van der Waals surface area contributed by atoms with E-state index in [9.17, 15) is 9.90 Å². The van der Waals surface area contributed by atoms with Crippen molar-refractivity contribution >= 4 is 5.97 Å². The second-order valence-electron chi connectivity index (χ2n) is 4.83. The van der Waals surface area contributed by atoms with E-state index in [0.717, 1.165) is 31.2 Å². The molecule has 3 nitrogen and oxygen atoms in total. The highest BCUT2D eigenvalue weighted by Crippen LogP contribution is 2.09. The monoisotopic (exact) mass is 264 g/mol. The molecule has 0 aliphatic rings. The molecule has 0 saturated heterocycles. The fraction of sp³-hybridized carbons (Fsp3) is 0.562. The summed E-state index contributed by atoms with van der Waals surface area (Å²) in [6.07, 6.45) is 4.49. The lowest BCUT2D eigenvalue weighted by molar-refractivity contribution is -0.145. The summed E-state index contributed by atoms with van der Waals surface area (Å²) in [5, 5.41) is 9.70. The first-order valence-corrected chi connectivity index (χ1v) is 7.10. The largest absolute Gasteiger partial charge is 0.461 e. The molecule has 0 bridgehead atoms. The molecule has 0 aliphatic heterocycles. The highest BCUT2D eigenvalue weighted by molar-refractivity contribution is 5.69. The smallest absolute Gasteiger partial charge is 0.306 e. The quantitative estimate of drug-likeness (QED) is 0.549. The lowest BCUT2D eigenvalue weighted by atomic mass is 10.1. The molecule has 0 saturated carbocycles. The third kappa shape index (κ3) is 7.62. The summed E-state index contributed by atoms with van der Waals surface area (Å²) in [7, 11) is 0. The number of aliphatic hydroxyl groups is 1. The van der Waals surface area contributed by atoms with E-state index < -0.39 is 0 Å². The number of benzene rings is 1. The summed E-state index contributed by atoms with van der Waals surface area (Å²) in [5.74, 6) is -0.238. The molecule has 1 aromatic rings. The summed E-state index contributed by atoms with van der Waals surface area (Å²) in [6.45, 7) is 2.44. The van der Waals surface area contributed by atoms with Gasteiger partial charge in [0.25, 0.3) is 0 Å². The van der Waals surface area contributed by atoms with E-state index in [-0.39, 0.29) is 12.1 Å². The van der Waals surface area contributed by atoms with Crippen LogP contribution in [0.1, 0.15) is 51.0 Å². The number of rotatable bonds is 9. The van der Waals surface area contributed by atoms with Crippen LogP contribution in [0.2, 0.25) is 0 Å². The Morgan fingerprint density at radius 1 is 1.21 bits per heavy atom. The summed E-state index contributed by atoms with van der Waals surface area (Å²) in [5.41, 5.74) is 0.986. The van der Waals surface area contributed by atoms with Gasteiger partial charge in [-0.05, 0) is 18.4 Å². The van der Waals surface area contributed by atoms with Gasteiger partial charge >= 0.3 is 5.97 Å². The Bertz CT molecular complexity index is 348. The average Bonchev–Trinajstić information content (AvgIpc) is 2.44. The maximum atomic E-state index is 11.5. The molecule has 1 unspecified atom stereocenters. The molecule has 0 aliphatic carbocycles. The number of aliphatic hydroxyl groups excluding tert-OH is 1. The Kier molecular flexibility index (Phi) is 7.91. The van der Waals surface area contributed by atoms with Crippen molar-refractivity contribution in [3.63, 3.8) is 0 Å². The minimum atomic E-state index is -0.379. The molecule has 0 fully saturated rings. The van der Waals surface area contributed by atoms with E-state index in [2.05, 4.69) is 6.92 Å². The molecule has 1 atom stereocenters. The molecule has 19 heavy (non-hydrogen) atoms. The number of hydrogen-bond acceptors (Lipinski definition) is 3. The first-order chi connectivity index (χ1) is 9.22. The molecule has 0 aromatic heterocycles. The van der Waals surface area contributed by atoms with Crippen LogP contribution in [0.15, 0.2) is 30.3 Å². The zero-order valence-electron chi connectivity index (χ0n) is 11.7. The number of hydrogen-bond donors (Lipinski definition) is 1. The van der Waals surface area contributed by atoms with E-state index in [1.165, 1.54) is 0 Å². The number of carbonyl (C=O) groups excluding carboxylic acids is 1. The van der Waals surface area contributed by atoms with Crippen LogP contribution in [0.4, 0.5) is 0 Å². The van der Waals surface area contributed by atoms with Crippen molar-refractivity contribution in [1.82, 2.24) is 0 Å². The van der Waals surface area contributed by atoms with Crippen molar-refractivity contribution in [2.75, 3.05) is 0 Å². The van der Waals surface area contributed by atoms with Gasteiger partial charge in [-0.3, -0.25) is 4.79 Å².